The molecule has 0 radical (unpaired) electrons. The van der Waals surface area contributed by atoms with Crippen LogP contribution in [0.5, 0.6) is 63.2 Å². The predicted octanol–water partition coefficient (Wildman–Crippen LogP) is 21.5. The van der Waals surface area contributed by atoms with Crippen LogP contribution in [-0.4, -0.2) is 142 Å². The molecule has 0 spiro atoms. The number of nitrogens with zero attached hydrogens (tertiary/aromatic N) is 7. The fourth-order valence-electron chi connectivity index (χ4n) is 12.5. The van der Waals surface area contributed by atoms with Gasteiger partial charge in [-0.1, -0.05) is 71.9 Å². The van der Waals surface area contributed by atoms with Crippen LogP contribution in [-0.2, 0) is 31.4 Å². The summed E-state index contributed by atoms with van der Waals surface area (Å²) in [6.45, 7) is 5.35. The number of carbonyl (C=O) groups excluding carboxylic acids is 5. The molecule has 7 heterocycles. The molecule has 0 bridgehead atoms. The standard InChI is InChI=1S/C24H25F2NO5.C22H18F2N2O5.C14H14BrF2NO3.C14H16F2N2O3.C14H15F2NO4.C8H5NO2.CH3F.CH4.ClH.K/c1-4-29-20-8-6-5-7-18(20)19(28)11-10-17-14-30-23(27-17)16-9-12-21(32-24(25)26)22(13-16)31-15(2)3;1-12(2)30-18-9-13(7-8-17(18)31-22(23)24)19-25-14(11-29-19)10-26-20(27)15-5-3-4-6-16(15)21(26)28;1-8(2)20-12-5-9(3-4-11(12)21-14(16)17)13-18-10(6-15)7-19-13;1-8(2)20-12-5-9(3-4-11(12)21-14(15)16)13-18-10(6-17)7-19-13;1-8(2)20-12-5-9(3-4-11(12)21-14(15)16)13-17-10(6-18)7-19-13;10-7-5-3-1-2-4-6(5)8(11)9-7;1-2;;;/h5-9,12-15,24H,4,10-11H2,1-3H3;3-9,11-12,22H,10H2,1-2H3;3-5,7-8,14H,6H2,1-2H3;3-5,7-8,14H,6,17H2,1-2H3;3-5,7-8,14,18H,6H2,1-2H3;1-4H,(H,9,10,11);1H3;1H4;1H;/q;;;;;;;;;+1/p-1/i;;;;;;1D;;;. The monoisotopic (exact) mass is 2100 g/mol. The van der Waals surface area contributed by atoms with Gasteiger partial charge in [-0.2, -0.15) is 43.9 Å². The van der Waals surface area contributed by atoms with Gasteiger partial charge < -0.3 is 99.9 Å². The first-order chi connectivity index (χ1) is 66.9. The Balaban J connectivity index is 0.000000266. The Morgan fingerprint density at radius 3 is 0.993 bits per heavy atom. The number of aliphatic hydroxyl groups excluding tert-OH is 1. The maximum absolute atomic E-state index is 12.7. The first-order valence-electron chi connectivity index (χ1n) is 42.9. The number of benzene rings is 8. The van der Waals surface area contributed by atoms with E-state index in [1.165, 1.54) is 92.0 Å². The summed E-state index contributed by atoms with van der Waals surface area (Å²) >= 11 is 3.28. The zero-order valence-electron chi connectivity index (χ0n) is 78.6. The average Bonchev–Trinajstić information content (AvgIpc) is 1.62. The van der Waals surface area contributed by atoms with Gasteiger partial charge in [-0.15, -0.1) is 12.4 Å². The molecule has 0 atom stereocenters. The van der Waals surface area contributed by atoms with Crippen LogP contribution in [0.25, 0.3) is 62.6 Å². The maximum Gasteiger partial charge on any atom is 1.00 e. The summed E-state index contributed by atoms with van der Waals surface area (Å²) in [5, 5.41) is 12.8. The molecule has 8 aromatic carbocycles. The van der Waals surface area contributed by atoms with Gasteiger partial charge in [-0.3, -0.25) is 23.7 Å². The van der Waals surface area contributed by atoms with Gasteiger partial charge in [0.05, 0.1) is 110 Å². The third-order valence-electron chi connectivity index (χ3n) is 18.0. The molecule has 5 aromatic heterocycles. The molecule has 0 fully saturated rings. The molecule has 0 unspecified atom stereocenters. The molecule has 0 aliphatic carbocycles. The van der Waals surface area contributed by atoms with Crippen molar-refractivity contribution in [2.75, 3.05) is 13.8 Å². The topological polar surface area (TPSA) is 381 Å². The van der Waals surface area contributed by atoms with Crippen molar-refractivity contribution in [2.24, 2.45) is 5.73 Å². The number of halogens is 13. The van der Waals surface area contributed by atoms with E-state index >= 15 is 0 Å². The number of nitrogens with two attached hydrogens (primary N) is 1. The van der Waals surface area contributed by atoms with Crippen LogP contribution < -0.4 is 109 Å². The van der Waals surface area contributed by atoms with Crippen LogP contribution >= 0.6 is 28.3 Å². The summed E-state index contributed by atoms with van der Waals surface area (Å²) in [6.07, 6.45) is 6.63. The molecule has 30 nitrogen and oxygen atoms in total. The van der Waals surface area contributed by atoms with E-state index in [-0.39, 0.29) is 203 Å². The molecule has 3 N–H and O–H groups in total. The summed E-state index contributed by atoms with van der Waals surface area (Å²) in [6, 6.07) is 42.6. The number of imide groups is 2. The van der Waals surface area contributed by atoms with Gasteiger partial charge in [-0.05, 0) is 191 Å². The number of hydrogen-bond donors (Lipinski definition) is 2. The molecule has 4 amide bonds. The molecule has 0 saturated carbocycles. The fourth-order valence-corrected chi connectivity index (χ4v) is 12.7. The van der Waals surface area contributed by atoms with Gasteiger partial charge in [-0.25, -0.2) is 24.9 Å². The molecular weight excluding hydrogens is 2000 g/mol. The van der Waals surface area contributed by atoms with E-state index in [0.29, 0.717) is 120 Å². The van der Waals surface area contributed by atoms with Crippen molar-refractivity contribution in [3.05, 3.63) is 257 Å². The van der Waals surface area contributed by atoms with Gasteiger partial charge in [0.15, 0.2) is 63.3 Å². The number of alkyl halides is 12. The summed E-state index contributed by atoms with van der Waals surface area (Å²) in [7, 11) is -1.00. The number of ketones is 1. The second-order valence-corrected chi connectivity index (χ2v) is 30.7. The number of oxazole rings is 5. The number of aliphatic hydroxyl groups is 1. The van der Waals surface area contributed by atoms with Crippen molar-refractivity contribution in [3.63, 3.8) is 0 Å². The third-order valence-corrected chi connectivity index (χ3v) is 18.6. The van der Waals surface area contributed by atoms with Crippen molar-refractivity contribution in [1.29, 1.82) is 0 Å². The predicted molar refractivity (Wildman–Crippen MR) is 499 cm³/mol. The molecule has 13 aromatic rings. The number of Topliss-reactive ketones (excluding diaryl/α,β-unsaturated/α-hetero) is 1. The van der Waals surface area contributed by atoms with E-state index in [1.807, 2.05) is 13.0 Å². The van der Waals surface area contributed by atoms with Gasteiger partial charge in [0.25, 0.3) is 11.8 Å². The quantitative estimate of drug-likeness (QED) is 0.0121. The molecule has 0 saturated heterocycles. The van der Waals surface area contributed by atoms with E-state index in [1.54, 1.807) is 166 Å². The number of carbonyl (C=O) groups is 5. The summed E-state index contributed by atoms with van der Waals surface area (Å²) < 4.78 is 223. The van der Waals surface area contributed by atoms with E-state index < -0.39 is 63.8 Å². The van der Waals surface area contributed by atoms with Gasteiger partial charge in [0, 0.05) is 63.7 Å². The van der Waals surface area contributed by atoms with Crippen molar-refractivity contribution < 1.29 is 204 Å². The van der Waals surface area contributed by atoms with Crippen LogP contribution in [0.2, 0.25) is 0 Å². The largest absolute Gasteiger partial charge is 1.00 e. The Morgan fingerprint density at radius 1 is 0.415 bits per heavy atom. The first-order valence-corrected chi connectivity index (χ1v) is 43.3. The molecular formula is C98H100BrClF11KN8O22. The summed E-state index contributed by atoms with van der Waals surface area (Å²) in [4.78, 5) is 81.8. The Bertz CT molecular complexity index is 5910. The third kappa shape index (κ3) is 35.1. The summed E-state index contributed by atoms with van der Waals surface area (Å²) in [5.41, 5.74) is 13.0. The Labute approximate surface area is 867 Å². The number of hydrogen-bond acceptors (Lipinski definition) is 28. The minimum absolute atomic E-state index is 0. The van der Waals surface area contributed by atoms with E-state index in [9.17, 15) is 72.3 Å². The van der Waals surface area contributed by atoms with Crippen LogP contribution in [0.4, 0.5) is 48.3 Å². The van der Waals surface area contributed by atoms with E-state index in [4.69, 9.17) is 62.7 Å². The van der Waals surface area contributed by atoms with Crippen molar-refractivity contribution in [3.8, 4) is 121 Å². The normalized spacial score (nSPS) is 11.6. The van der Waals surface area contributed by atoms with Crippen LogP contribution in [0.3, 0.4) is 0 Å². The maximum atomic E-state index is 12.7. The smallest absolute Gasteiger partial charge is 0.587 e. The van der Waals surface area contributed by atoms with Gasteiger partial charge in [0.2, 0.25) is 29.5 Å². The van der Waals surface area contributed by atoms with Gasteiger partial charge >= 0.3 is 84.4 Å². The number of fused-ring (bicyclic) bond motifs is 2. The zero-order chi connectivity index (χ0) is 102. The number of amides is 4. The number of para-hydroxylation sites is 1. The minimum atomic E-state index is -2.99. The van der Waals surface area contributed by atoms with Crippen molar-refractivity contribution in [1.82, 2.24) is 29.8 Å². The van der Waals surface area contributed by atoms with E-state index in [0.717, 1.165) is 10.6 Å². The van der Waals surface area contributed by atoms with Crippen LogP contribution in [0, 0.1) is 0 Å². The number of rotatable bonds is 36. The second-order valence-electron chi connectivity index (χ2n) is 30.1. The molecule has 44 heteroatoms. The zero-order valence-corrected chi connectivity index (χ0v) is 83.1. The average molecular weight is 2110 g/mol. The molecule has 142 heavy (non-hydrogen) atoms. The molecule has 2 aliphatic heterocycles. The molecule has 756 valence electrons. The number of ether oxygens (including phenoxy) is 11. The van der Waals surface area contributed by atoms with Crippen molar-refractivity contribution >= 4 is 57.7 Å². The van der Waals surface area contributed by atoms with E-state index in [2.05, 4.69) is 69.9 Å². The van der Waals surface area contributed by atoms with Crippen LogP contribution in [0.1, 0.15) is 172 Å². The van der Waals surface area contributed by atoms with Gasteiger partial charge in [0.1, 0.15) is 42.8 Å². The van der Waals surface area contributed by atoms with Crippen LogP contribution in [0.15, 0.2) is 217 Å². The van der Waals surface area contributed by atoms with Crippen molar-refractivity contribution in [2.45, 2.75) is 185 Å². The SMILES string of the molecule is C.CC(C)Oc1cc(-c2nc(CBr)co2)ccc1OC(F)F.CC(C)Oc1cc(-c2nc(CN)co2)ccc1OC(F)F.CC(C)Oc1cc(-c2nc(CN3C(=O)c4ccccc4C3=O)co2)ccc1OC(F)F.CC(C)Oc1cc(-c2nc(CO)co2)ccc1OC(F)F.CCOc1ccccc1C(=O)CCc1coc(-c2ccc(OC(F)F)c(OC(C)C)c2)n1.Cl.O=C1[N-]C(=O)c2ccccc21.[2H]CF.[K+]. The number of aryl methyl sites for hydroxylation is 1. The molecule has 15 rings (SSSR count). The Morgan fingerprint density at radius 2 is 0.697 bits per heavy atom. The first kappa shape index (κ1) is 116. The Hall–Kier alpha value is -12.9. The summed E-state index contributed by atoms with van der Waals surface area (Å²) in [5.74, 6) is 0.926. The molecule has 2 aliphatic rings. The minimum Gasteiger partial charge on any atom is -0.587 e. The number of aromatic nitrogens is 5. The second kappa shape index (κ2) is 57.9. The fraction of sp³-hybridized carbons (Fsp3) is 0.306. The Kier molecular flexibility index (Phi) is 47.3.